The molecule has 3 heterocycles. The number of hydrogen-bond donors (Lipinski definition) is 0. The van der Waals surface area contributed by atoms with Crippen molar-refractivity contribution in [2.75, 3.05) is 18.0 Å². The number of thiophene rings is 1. The predicted molar refractivity (Wildman–Crippen MR) is 93.2 cm³/mol. The van der Waals surface area contributed by atoms with Gasteiger partial charge in [0.25, 0.3) is 0 Å². The molecule has 1 aliphatic rings. The van der Waals surface area contributed by atoms with Crippen LogP contribution in [0, 0.1) is 5.82 Å². The van der Waals surface area contributed by atoms with Crippen LogP contribution in [-0.2, 0) is 0 Å². The van der Waals surface area contributed by atoms with E-state index in [1.807, 2.05) is 6.07 Å². The fourth-order valence-corrected chi connectivity index (χ4v) is 3.74. The van der Waals surface area contributed by atoms with Crippen molar-refractivity contribution in [3.05, 3.63) is 59.0 Å². The lowest BCUT2D eigenvalue weighted by molar-refractivity contribution is 0.627. The van der Waals surface area contributed by atoms with Gasteiger partial charge in [0, 0.05) is 13.1 Å². The Kier molecular flexibility index (Phi) is 3.79. The molecule has 0 aliphatic carbocycles. The number of halogens is 1. The minimum Gasteiger partial charge on any atom is -0.355 e. The highest BCUT2D eigenvalue weighted by molar-refractivity contribution is 7.16. The van der Waals surface area contributed by atoms with Crippen molar-refractivity contribution >= 4 is 33.4 Å². The van der Waals surface area contributed by atoms with Crippen molar-refractivity contribution in [2.24, 2.45) is 0 Å². The largest absolute Gasteiger partial charge is 0.355 e. The molecule has 0 radical (unpaired) electrons. The Bertz CT molecular complexity index is 861. The lowest BCUT2D eigenvalue weighted by Gasteiger charge is -2.29. The van der Waals surface area contributed by atoms with Gasteiger partial charge < -0.3 is 4.90 Å². The Labute approximate surface area is 138 Å². The van der Waals surface area contributed by atoms with Crippen molar-refractivity contribution in [2.45, 2.75) is 12.8 Å². The molecule has 0 bridgehead atoms. The van der Waals surface area contributed by atoms with Crippen LogP contribution in [0.2, 0.25) is 0 Å². The molecule has 116 valence electrons. The highest BCUT2D eigenvalue weighted by atomic mass is 32.1. The van der Waals surface area contributed by atoms with Crippen molar-refractivity contribution in [3.8, 4) is 0 Å². The van der Waals surface area contributed by atoms with Crippen LogP contribution in [0.15, 0.2) is 47.6 Å². The summed E-state index contributed by atoms with van der Waals surface area (Å²) in [5.74, 6) is 0.846. The molecule has 0 N–H and O–H groups in total. The van der Waals surface area contributed by atoms with Gasteiger partial charge in [-0.25, -0.2) is 14.4 Å². The second-order valence-corrected chi connectivity index (χ2v) is 6.58. The van der Waals surface area contributed by atoms with E-state index in [4.69, 9.17) is 0 Å². The lowest BCUT2D eigenvalue weighted by Crippen LogP contribution is -2.31. The second kappa shape index (κ2) is 6.08. The molecule has 1 saturated heterocycles. The number of nitrogens with zero attached hydrogens (tertiary/aromatic N) is 3. The zero-order valence-electron chi connectivity index (χ0n) is 12.6. The Morgan fingerprint density at radius 1 is 1.13 bits per heavy atom. The van der Waals surface area contributed by atoms with Crippen LogP contribution >= 0.6 is 11.3 Å². The van der Waals surface area contributed by atoms with Gasteiger partial charge in [0.15, 0.2) is 0 Å². The van der Waals surface area contributed by atoms with E-state index >= 15 is 0 Å². The molecule has 5 heteroatoms. The summed E-state index contributed by atoms with van der Waals surface area (Å²) in [5.41, 5.74) is 2.30. The van der Waals surface area contributed by atoms with Gasteiger partial charge in [-0.05, 0) is 42.0 Å². The molecule has 1 aliphatic heterocycles. The minimum absolute atomic E-state index is 0.183. The first kappa shape index (κ1) is 14.3. The molecule has 1 aromatic carbocycles. The third-order valence-electron chi connectivity index (χ3n) is 4.17. The molecule has 4 rings (SSSR count). The highest BCUT2D eigenvalue weighted by Gasteiger charge is 2.18. The van der Waals surface area contributed by atoms with Gasteiger partial charge in [-0.3, -0.25) is 0 Å². The number of anilines is 1. The number of piperidine rings is 1. The standard InChI is InChI=1S/C18H16FN3S/c19-15-3-1-2-14(11-15)10-13-4-7-22(8-5-13)17-16-6-9-23-18(16)21-12-20-17/h1-3,6,9-12H,4-5,7-8H2. The fourth-order valence-electron chi connectivity index (χ4n) is 3.01. The number of benzene rings is 1. The molecule has 0 unspecified atom stereocenters. The molecule has 1 fully saturated rings. The lowest BCUT2D eigenvalue weighted by atomic mass is 10.0. The van der Waals surface area contributed by atoms with E-state index in [9.17, 15) is 4.39 Å². The molecule has 0 amide bonds. The van der Waals surface area contributed by atoms with E-state index in [0.29, 0.717) is 0 Å². The summed E-state index contributed by atoms with van der Waals surface area (Å²) in [6, 6.07) is 8.85. The Balaban J connectivity index is 1.52. The average molecular weight is 325 g/mol. The highest BCUT2D eigenvalue weighted by Crippen LogP contribution is 2.30. The molecule has 2 aromatic heterocycles. The van der Waals surface area contributed by atoms with Crippen molar-refractivity contribution < 1.29 is 4.39 Å². The average Bonchev–Trinajstić information content (AvgIpc) is 3.04. The van der Waals surface area contributed by atoms with Crippen LogP contribution in [0.3, 0.4) is 0 Å². The monoisotopic (exact) mass is 325 g/mol. The predicted octanol–water partition coefficient (Wildman–Crippen LogP) is 4.51. The summed E-state index contributed by atoms with van der Waals surface area (Å²) in [5, 5.41) is 3.19. The summed E-state index contributed by atoms with van der Waals surface area (Å²) in [4.78, 5) is 12.1. The molecule has 0 saturated carbocycles. The Morgan fingerprint density at radius 2 is 2.00 bits per heavy atom. The maximum absolute atomic E-state index is 13.3. The molecule has 0 spiro atoms. The van der Waals surface area contributed by atoms with Crippen LogP contribution in [-0.4, -0.2) is 23.1 Å². The van der Waals surface area contributed by atoms with Crippen LogP contribution in [0.5, 0.6) is 0 Å². The first-order chi connectivity index (χ1) is 11.3. The SMILES string of the molecule is Fc1cccc(C=C2CCN(c3ncnc4sccc34)CC2)c1. The van der Waals surface area contributed by atoms with Gasteiger partial charge in [0.05, 0.1) is 5.39 Å². The van der Waals surface area contributed by atoms with Crippen molar-refractivity contribution in [1.82, 2.24) is 9.97 Å². The molecular formula is C18H16FN3S. The van der Waals surface area contributed by atoms with E-state index < -0.39 is 0 Å². The van der Waals surface area contributed by atoms with E-state index in [-0.39, 0.29) is 5.82 Å². The summed E-state index contributed by atoms with van der Waals surface area (Å²) in [6.07, 6.45) is 5.71. The molecular weight excluding hydrogens is 309 g/mol. The Hall–Kier alpha value is -2.27. The quantitative estimate of drug-likeness (QED) is 0.694. The van der Waals surface area contributed by atoms with E-state index in [1.165, 1.54) is 11.6 Å². The number of aromatic nitrogens is 2. The smallest absolute Gasteiger partial charge is 0.140 e. The maximum Gasteiger partial charge on any atom is 0.140 e. The summed E-state index contributed by atoms with van der Waals surface area (Å²) in [7, 11) is 0. The van der Waals surface area contributed by atoms with Gasteiger partial charge >= 0.3 is 0 Å². The fraction of sp³-hybridized carbons (Fsp3) is 0.222. The second-order valence-electron chi connectivity index (χ2n) is 5.68. The van der Waals surface area contributed by atoms with Crippen LogP contribution in [0.1, 0.15) is 18.4 Å². The number of rotatable bonds is 2. The van der Waals surface area contributed by atoms with Crippen LogP contribution in [0.4, 0.5) is 10.2 Å². The normalized spacial score (nSPS) is 15.2. The summed E-state index contributed by atoms with van der Waals surface area (Å²) in [6.45, 7) is 1.87. The van der Waals surface area contributed by atoms with Crippen molar-refractivity contribution in [1.29, 1.82) is 0 Å². The van der Waals surface area contributed by atoms with Gasteiger partial charge in [-0.2, -0.15) is 0 Å². The third-order valence-corrected chi connectivity index (χ3v) is 4.99. The number of hydrogen-bond acceptors (Lipinski definition) is 4. The first-order valence-corrected chi connectivity index (χ1v) is 8.56. The third kappa shape index (κ3) is 2.97. The number of fused-ring (bicyclic) bond motifs is 1. The zero-order valence-corrected chi connectivity index (χ0v) is 13.4. The molecule has 3 aromatic rings. The van der Waals surface area contributed by atoms with E-state index in [2.05, 4.69) is 32.4 Å². The van der Waals surface area contributed by atoms with E-state index in [1.54, 1.807) is 29.8 Å². The molecule has 23 heavy (non-hydrogen) atoms. The van der Waals surface area contributed by atoms with Gasteiger partial charge in [0.2, 0.25) is 0 Å². The first-order valence-electron chi connectivity index (χ1n) is 7.68. The van der Waals surface area contributed by atoms with Gasteiger partial charge in [-0.15, -0.1) is 11.3 Å². The van der Waals surface area contributed by atoms with Crippen LogP contribution in [0.25, 0.3) is 16.3 Å². The summed E-state index contributed by atoms with van der Waals surface area (Å²) >= 11 is 1.64. The molecule has 0 atom stereocenters. The maximum atomic E-state index is 13.3. The zero-order chi connectivity index (χ0) is 15.6. The minimum atomic E-state index is -0.183. The Morgan fingerprint density at radius 3 is 2.83 bits per heavy atom. The topological polar surface area (TPSA) is 29.0 Å². The molecule has 3 nitrogen and oxygen atoms in total. The van der Waals surface area contributed by atoms with Crippen molar-refractivity contribution in [3.63, 3.8) is 0 Å². The van der Waals surface area contributed by atoms with Gasteiger partial charge in [-0.1, -0.05) is 23.8 Å². The van der Waals surface area contributed by atoms with Crippen LogP contribution < -0.4 is 4.90 Å². The summed E-state index contributed by atoms with van der Waals surface area (Å²) < 4.78 is 13.3. The van der Waals surface area contributed by atoms with E-state index in [0.717, 1.165) is 47.5 Å². The van der Waals surface area contributed by atoms with Gasteiger partial charge in [0.1, 0.15) is 22.8 Å².